The minimum atomic E-state index is -0.972. The first-order valence-corrected chi connectivity index (χ1v) is 8.96. The van der Waals surface area contributed by atoms with Gasteiger partial charge in [0.15, 0.2) is 0 Å². The number of pyridine rings is 1. The Bertz CT molecular complexity index is 845. The van der Waals surface area contributed by atoms with E-state index in [2.05, 4.69) is 43.0 Å². The number of carboxylic acid groups (broad SMARTS) is 1. The van der Waals surface area contributed by atoms with Gasteiger partial charge in [-0.05, 0) is 50.5 Å². The van der Waals surface area contributed by atoms with Crippen molar-refractivity contribution >= 4 is 17.6 Å². The van der Waals surface area contributed by atoms with E-state index >= 15 is 0 Å². The van der Waals surface area contributed by atoms with E-state index < -0.39 is 5.97 Å². The van der Waals surface area contributed by atoms with Gasteiger partial charge in [0.25, 0.3) is 0 Å². The molecule has 1 aromatic carbocycles. The van der Waals surface area contributed by atoms with Crippen LogP contribution in [0.2, 0.25) is 0 Å². The highest BCUT2D eigenvalue weighted by Gasteiger charge is 2.18. The van der Waals surface area contributed by atoms with E-state index in [9.17, 15) is 4.79 Å². The fourth-order valence-corrected chi connectivity index (χ4v) is 3.31. The molecule has 1 aliphatic heterocycles. The van der Waals surface area contributed by atoms with E-state index in [1.807, 2.05) is 18.2 Å². The molecule has 0 radical (unpaired) electrons. The van der Waals surface area contributed by atoms with Crippen molar-refractivity contribution in [1.29, 1.82) is 0 Å². The second-order valence-corrected chi connectivity index (χ2v) is 6.64. The summed E-state index contributed by atoms with van der Waals surface area (Å²) in [6.45, 7) is 6.37. The first-order valence-electron chi connectivity index (χ1n) is 8.96. The first kappa shape index (κ1) is 17.9. The number of likely N-dealkylation sites (tertiary alicyclic amines) is 1. The van der Waals surface area contributed by atoms with Crippen LogP contribution < -0.4 is 0 Å². The van der Waals surface area contributed by atoms with Gasteiger partial charge in [0.2, 0.25) is 0 Å². The fraction of sp³-hybridized carbons (Fsp3) is 0.273. The molecule has 0 amide bonds. The molecule has 0 unspecified atom stereocenters. The lowest BCUT2D eigenvalue weighted by Gasteiger charge is -2.23. The monoisotopic (exact) mass is 348 g/mol. The van der Waals surface area contributed by atoms with Gasteiger partial charge in [0, 0.05) is 30.4 Å². The summed E-state index contributed by atoms with van der Waals surface area (Å²) >= 11 is 0. The summed E-state index contributed by atoms with van der Waals surface area (Å²) in [4.78, 5) is 17.9. The summed E-state index contributed by atoms with van der Waals surface area (Å²) in [5, 5.41) is 8.86. The Balaban J connectivity index is 2.09. The van der Waals surface area contributed by atoms with E-state index in [-0.39, 0.29) is 0 Å². The summed E-state index contributed by atoms with van der Waals surface area (Å²) in [6.07, 6.45) is 5.08. The van der Waals surface area contributed by atoms with Crippen LogP contribution in [0.1, 0.15) is 42.3 Å². The molecule has 2 aromatic rings. The van der Waals surface area contributed by atoms with Crippen LogP contribution in [0.15, 0.2) is 54.2 Å². The van der Waals surface area contributed by atoms with Crippen molar-refractivity contribution in [2.24, 2.45) is 0 Å². The number of benzene rings is 1. The number of aryl methyl sites for hydroxylation is 1. The molecular weight excluding hydrogens is 324 g/mol. The standard InChI is InChI=1S/C22H24N2O2/c1-16-8-10-18(11-9-16)22(17(2)24-14-3-4-15-24)20-7-5-6-19(23-20)12-13-21(25)26/h5-13H,3-4,14-15H2,1-2H3,(H,25,26). The molecule has 1 N–H and O–H groups in total. The molecule has 4 heteroatoms. The third-order valence-corrected chi connectivity index (χ3v) is 4.71. The van der Waals surface area contributed by atoms with Gasteiger partial charge >= 0.3 is 5.97 Å². The molecular formula is C22H24N2O2. The van der Waals surface area contributed by atoms with Crippen molar-refractivity contribution in [3.8, 4) is 0 Å². The Kier molecular flexibility index (Phi) is 5.52. The molecule has 1 fully saturated rings. The van der Waals surface area contributed by atoms with Gasteiger partial charge in [-0.3, -0.25) is 0 Å². The van der Waals surface area contributed by atoms with E-state index in [1.54, 1.807) is 0 Å². The molecule has 2 heterocycles. The first-order chi connectivity index (χ1) is 12.5. The summed E-state index contributed by atoms with van der Waals surface area (Å²) in [5.41, 5.74) is 6.19. The number of aliphatic carboxylic acids is 1. The largest absolute Gasteiger partial charge is 0.478 e. The molecule has 134 valence electrons. The fourth-order valence-electron chi connectivity index (χ4n) is 3.31. The average Bonchev–Trinajstić information content (AvgIpc) is 3.17. The van der Waals surface area contributed by atoms with Gasteiger partial charge in [-0.2, -0.15) is 0 Å². The van der Waals surface area contributed by atoms with Crippen LogP contribution in [0.25, 0.3) is 11.6 Å². The van der Waals surface area contributed by atoms with Crippen molar-refractivity contribution in [2.75, 3.05) is 13.1 Å². The summed E-state index contributed by atoms with van der Waals surface area (Å²) in [6, 6.07) is 14.2. The predicted molar refractivity (Wildman–Crippen MR) is 105 cm³/mol. The molecule has 1 aromatic heterocycles. The van der Waals surface area contributed by atoms with Gasteiger partial charge in [0.1, 0.15) is 0 Å². The highest BCUT2D eigenvalue weighted by atomic mass is 16.4. The number of carboxylic acids is 1. The highest BCUT2D eigenvalue weighted by molar-refractivity contribution is 5.85. The predicted octanol–water partition coefficient (Wildman–Crippen LogP) is 4.36. The Labute approximate surface area is 154 Å². The van der Waals surface area contributed by atoms with Crippen LogP contribution in [0, 0.1) is 6.92 Å². The third-order valence-electron chi connectivity index (χ3n) is 4.71. The van der Waals surface area contributed by atoms with E-state index in [4.69, 9.17) is 10.1 Å². The Morgan fingerprint density at radius 2 is 1.81 bits per heavy atom. The molecule has 26 heavy (non-hydrogen) atoms. The molecule has 3 rings (SSSR count). The lowest BCUT2D eigenvalue weighted by molar-refractivity contribution is -0.131. The molecule has 1 saturated heterocycles. The Morgan fingerprint density at radius 1 is 1.12 bits per heavy atom. The van der Waals surface area contributed by atoms with Gasteiger partial charge in [-0.25, -0.2) is 9.78 Å². The van der Waals surface area contributed by atoms with Crippen LogP contribution >= 0.6 is 0 Å². The number of carbonyl (C=O) groups is 1. The van der Waals surface area contributed by atoms with Crippen molar-refractivity contribution in [1.82, 2.24) is 9.88 Å². The van der Waals surface area contributed by atoms with Crippen LogP contribution in [-0.4, -0.2) is 34.0 Å². The minimum absolute atomic E-state index is 0.642. The zero-order valence-corrected chi connectivity index (χ0v) is 15.3. The van der Waals surface area contributed by atoms with Gasteiger partial charge in [-0.15, -0.1) is 0 Å². The Hall–Kier alpha value is -2.88. The normalized spacial score (nSPS) is 15.4. The number of aromatic nitrogens is 1. The summed E-state index contributed by atoms with van der Waals surface area (Å²) in [7, 11) is 0. The third kappa shape index (κ3) is 4.20. The second kappa shape index (κ2) is 8.00. The summed E-state index contributed by atoms with van der Waals surface area (Å²) < 4.78 is 0. The van der Waals surface area contributed by atoms with Crippen LogP contribution in [-0.2, 0) is 4.79 Å². The number of nitrogens with zero attached hydrogens (tertiary/aromatic N) is 2. The molecule has 1 aliphatic rings. The molecule has 0 spiro atoms. The SMILES string of the molecule is CC(=C(c1ccc(C)cc1)c1cccc(C=CC(=O)O)n1)N1CCCC1. The Morgan fingerprint density at radius 3 is 2.46 bits per heavy atom. The minimum Gasteiger partial charge on any atom is -0.478 e. The lowest BCUT2D eigenvalue weighted by Crippen LogP contribution is -2.18. The zero-order valence-electron chi connectivity index (χ0n) is 15.3. The van der Waals surface area contributed by atoms with Crippen molar-refractivity contribution < 1.29 is 9.90 Å². The zero-order chi connectivity index (χ0) is 18.5. The lowest BCUT2D eigenvalue weighted by atomic mass is 9.98. The number of hydrogen-bond acceptors (Lipinski definition) is 3. The van der Waals surface area contributed by atoms with E-state index in [1.165, 1.54) is 30.2 Å². The number of rotatable bonds is 5. The second-order valence-electron chi connectivity index (χ2n) is 6.64. The van der Waals surface area contributed by atoms with Gasteiger partial charge in [0.05, 0.1) is 11.4 Å². The van der Waals surface area contributed by atoms with E-state index in [0.29, 0.717) is 5.69 Å². The number of hydrogen-bond donors (Lipinski definition) is 1. The van der Waals surface area contributed by atoms with Crippen molar-refractivity contribution in [3.05, 3.63) is 76.8 Å². The average molecular weight is 348 g/mol. The van der Waals surface area contributed by atoms with Crippen LogP contribution in [0.4, 0.5) is 0 Å². The highest BCUT2D eigenvalue weighted by Crippen LogP contribution is 2.29. The van der Waals surface area contributed by atoms with E-state index in [0.717, 1.165) is 36.0 Å². The molecule has 0 saturated carbocycles. The van der Waals surface area contributed by atoms with Crippen molar-refractivity contribution in [3.63, 3.8) is 0 Å². The van der Waals surface area contributed by atoms with Crippen molar-refractivity contribution in [2.45, 2.75) is 26.7 Å². The van der Waals surface area contributed by atoms with Crippen LogP contribution in [0.5, 0.6) is 0 Å². The molecule has 0 aliphatic carbocycles. The quantitative estimate of drug-likeness (QED) is 0.816. The molecule has 0 bridgehead atoms. The number of allylic oxidation sites excluding steroid dienone is 1. The topological polar surface area (TPSA) is 53.4 Å². The van der Waals surface area contributed by atoms with Gasteiger partial charge in [-0.1, -0.05) is 35.9 Å². The maximum atomic E-state index is 10.8. The smallest absolute Gasteiger partial charge is 0.328 e. The summed E-state index contributed by atoms with van der Waals surface area (Å²) in [5.74, 6) is -0.972. The van der Waals surface area contributed by atoms with Gasteiger partial charge < -0.3 is 10.0 Å². The maximum absolute atomic E-state index is 10.8. The molecule has 4 nitrogen and oxygen atoms in total. The molecule has 0 atom stereocenters. The van der Waals surface area contributed by atoms with Crippen LogP contribution in [0.3, 0.4) is 0 Å². The maximum Gasteiger partial charge on any atom is 0.328 e.